The molecule has 10 heteroatoms. The maximum absolute atomic E-state index is 14.1. The average molecular weight is 464 g/mol. The van der Waals surface area contributed by atoms with E-state index in [1.165, 1.54) is 0 Å². The lowest BCUT2D eigenvalue weighted by molar-refractivity contribution is -0.153. The number of fused-ring (bicyclic) bond motifs is 1. The van der Waals surface area contributed by atoms with Crippen LogP contribution < -0.4 is 5.32 Å². The Bertz CT molecular complexity index is 1050. The SMILES string of the molecule is CC1C=C(C2CCC3(CC2)CN(C(=O)C2(F)CC2)C3)n2nc(NC(=O)[C@H]3CC3(F)F)nc2C1. The van der Waals surface area contributed by atoms with Crippen LogP contribution in [-0.2, 0) is 16.0 Å². The number of aromatic nitrogens is 3. The van der Waals surface area contributed by atoms with Crippen molar-refractivity contribution in [3.8, 4) is 0 Å². The van der Waals surface area contributed by atoms with Crippen molar-refractivity contribution in [3.05, 3.63) is 11.9 Å². The molecular formula is C23H28F3N5O2. The molecule has 3 saturated carbocycles. The lowest BCUT2D eigenvalue weighted by Gasteiger charge is -2.54. The third-order valence-corrected chi connectivity index (χ3v) is 8.13. The number of likely N-dealkylation sites (tertiary alicyclic amines) is 1. The summed E-state index contributed by atoms with van der Waals surface area (Å²) in [6.45, 7) is 3.40. The summed E-state index contributed by atoms with van der Waals surface area (Å²) in [4.78, 5) is 30.4. The van der Waals surface area contributed by atoms with Gasteiger partial charge in [-0.25, -0.2) is 17.9 Å². The van der Waals surface area contributed by atoms with Crippen molar-refractivity contribution >= 4 is 23.5 Å². The number of rotatable bonds is 4. The van der Waals surface area contributed by atoms with Crippen molar-refractivity contribution in [2.24, 2.45) is 23.2 Å². The number of hydrogen-bond acceptors (Lipinski definition) is 4. The molecule has 0 bridgehead atoms. The van der Waals surface area contributed by atoms with Crippen LogP contribution in [0.25, 0.3) is 5.70 Å². The van der Waals surface area contributed by atoms with E-state index in [-0.39, 0.29) is 29.1 Å². The number of hydrogen-bond donors (Lipinski definition) is 1. The minimum atomic E-state index is -2.92. The number of allylic oxidation sites excluding steroid dienone is 2. The topological polar surface area (TPSA) is 80.1 Å². The molecule has 0 radical (unpaired) electrons. The van der Waals surface area contributed by atoms with E-state index >= 15 is 0 Å². The number of anilines is 1. The minimum Gasteiger partial charge on any atom is -0.339 e. The second kappa shape index (κ2) is 6.82. The van der Waals surface area contributed by atoms with Crippen molar-refractivity contribution in [1.29, 1.82) is 0 Å². The predicted octanol–water partition coefficient (Wildman–Crippen LogP) is 3.43. The van der Waals surface area contributed by atoms with Gasteiger partial charge in [0.15, 0.2) is 5.67 Å². The lowest BCUT2D eigenvalue weighted by Crippen LogP contribution is -2.61. The third kappa shape index (κ3) is 3.56. The molecule has 7 nitrogen and oxygen atoms in total. The number of amides is 2. The molecule has 1 unspecified atom stereocenters. The molecule has 3 heterocycles. The largest absolute Gasteiger partial charge is 0.339 e. The van der Waals surface area contributed by atoms with Crippen molar-refractivity contribution in [2.75, 3.05) is 18.4 Å². The van der Waals surface area contributed by atoms with Crippen LogP contribution in [0.3, 0.4) is 0 Å². The lowest BCUT2D eigenvalue weighted by atomic mass is 9.65. The Hall–Kier alpha value is -2.39. The van der Waals surface area contributed by atoms with Gasteiger partial charge in [0.1, 0.15) is 11.7 Å². The first-order valence-corrected chi connectivity index (χ1v) is 11.9. The van der Waals surface area contributed by atoms with Gasteiger partial charge in [0, 0.05) is 43.0 Å². The van der Waals surface area contributed by atoms with Crippen LogP contribution in [0.1, 0.15) is 57.7 Å². The fourth-order valence-corrected chi connectivity index (χ4v) is 5.81. The highest BCUT2D eigenvalue weighted by Crippen LogP contribution is 2.51. The Morgan fingerprint density at radius 1 is 1.12 bits per heavy atom. The fraction of sp³-hybridized carbons (Fsp3) is 0.739. The fourth-order valence-electron chi connectivity index (χ4n) is 5.81. The van der Waals surface area contributed by atoms with Gasteiger partial charge >= 0.3 is 0 Å². The van der Waals surface area contributed by atoms with E-state index in [2.05, 4.69) is 28.4 Å². The van der Waals surface area contributed by atoms with Gasteiger partial charge in [-0.05, 0) is 44.4 Å². The van der Waals surface area contributed by atoms with Gasteiger partial charge in [-0.15, -0.1) is 5.10 Å². The summed E-state index contributed by atoms with van der Waals surface area (Å²) in [6.07, 6.45) is 6.98. The number of alkyl halides is 3. The molecule has 1 aromatic rings. The van der Waals surface area contributed by atoms with Gasteiger partial charge in [-0.1, -0.05) is 13.0 Å². The van der Waals surface area contributed by atoms with Crippen LogP contribution in [0.15, 0.2) is 6.08 Å². The molecular weight excluding hydrogens is 435 g/mol. The highest BCUT2D eigenvalue weighted by Gasteiger charge is 2.61. The van der Waals surface area contributed by atoms with E-state index < -0.39 is 29.8 Å². The van der Waals surface area contributed by atoms with Gasteiger partial charge in [-0.2, -0.15) is 4.98 Å². The molecule has 1 spiro atoms. The molecule has 4 fully saturated rings. The molecule has 1 aromatic heterocycles. The molecule has 178 valence electrons. The van der Waals surface area contributed by atoms with E-state index in [1.807, 2.05) is 0 Å². The summed E-state index contributed by atoms with van der Waals surface area (Å²) in [7, 11) is 0. The van der Waals surface area contributed by atoms with Crippen LogP contribution in [-0.4, -0.2) is 56.2 Å². The van der Waals surface area contributed by atoms with Crippen LogP contribution >= 0.6 is 0 Å². The molecule has 2 amide bonds. The summed E-state index contributed by atoms with van der Waals surface area (Å²) in [6, 6.07) is 0. The Kier molecular flexibility index (Phi) is 4.37. The third-order valence-electron chi connectivity index (χ3n) is 8.13. The molecule has 5 aliphatic rings. The maximum Gasteiger partial charge on any atom is 0.260 e. The molecule has 33 heavy (non-hydrogen) atoms. The van der Waals surface area contributed by atoms with E-state index in [9.17, 15) is 22.8 Å². The number of carbonyl (C=O) groups is 2. The second-order valence-electron chi connectivity index (χ2n) is 10.9. The summed E-state index contributed by atoms with van der Waals surface area (Å²) < 4.78 is 42.3. The van der Waals surface area contributed by atoms with Crippen LogP contribution in [0.4, 0.5) is 19.1 Å². The standard InChI is InChI=1S/C23H28F3N5O2/c1-13-8-16(31-17(9-13)27-20(29-31)28-18(32)15-10-23(15,25)26)14-2-4-21(5-3-14)11-30(12-21)19(33)22(24)6-7-22/h8,13-15H,2-7,9-12H2,1H3,(H,28,29,32)/t13?,15-/m1/s1. The van der Waals surface area contributed by atoms with Crippen molar-refractivity contribution in [3.63, 3.8) is 0 Å². The molecule has 1 N–H and O–H groups in total. The normalized spacial score (nSPS) is 30.8. The Morgan fingerprint density at radius 2 is 1.79 bits per heavy atom. The van der Waals surface area contributed by atoms with Gasteiger partial charge < -0.3 is 4.90 Å². The number of carbonyl (C=O) groups excluding carboxylic acids is 2. The predicted molar refractivity (Wildman–Crippen MR) is 113 cm³/mol. The Morgan fingerprint density at radius 3 is 2.39 bits per heavy atom. The smallest absolute Gasteiger partial charge is 0.260 e. The van der Waals surface area contributed by atoms with E-state index in [0.29, 0.717) is 32.4 Å². The van der Waals surface area contributed by atoms with E-state index in [0.717, 1.165) is 37.2 Å². The van der Waals surface area contributed by atoms with Crippen molar-refractivity contribution < 1.29 is 22.8 Å². The second-order valence-corrected chi connectivity index (χ2v) is 10.9. The van der Waals surface area contributed by atoms with E-state index in [1.54, 1.807) is 9.58 Å². The van der Waals surface area contributed by atoms with Gasteiger partial charge in [0.2, 0.25) is 11.9 Å². The number of halogens is 3. The minimum absolute atomic E-state index is 0.0818. The highest BCUT2D eigenvalue weighted by atomic mass is 19.3. The molecule has 6 rings (SSSR count). The molecule has 3 aliphatic carbocycles. The summed E-state index contributed by atoms with van der Waals surface area (Å²) in [5.41, 5.74) is -0.442. The zero-order valence-corrected chi connectivity index (χ0v) is 18.6. The zero-order valence-electron chi connectivity index (χ0n) is 18.6. The maximum atomic E-state index is 14.1. The first-order valence-electron chi connectivity index (χ1n) is 11.9. The van der Waals surface area contributed by atoms with Crippen LogP contribution in [0, 0.1) is 23.2 Å². The molecule has 2 atom stereocenters. The average Bonchev–Trinajstić information content (AvgIpc) is 3.59. The number of nitrogens with zero attached hydrogens (tertiary/aromatic N) is 4. The van der Waals surface area contributed by atoms with Gasteiger partial charge in [0.05, 0.1) is 0 Å². The van der Waals surface area contributed by atoms with Crippen molar-refractivity contribution in [1.82, 2.24) is 19.7 Å². The van der Waals surface area contributed by atoms with E-state index in [4.69, 9.17) is 0 Å². The first-order chi connectivity index (χ1) is 15.6. The monoisotopic (exact) mass is 463 g/mol. The Labute approximate surface area is 189 Å². The molecule has 2 aliphatic heterocycles. The molecule has 1 saturated heterocycles. The van der Waals surface area contributed by atoms with Gasteiger partial charge in [-0.3, -0.25) is 14.9 Å². The number of nitrogens with one attached hydrogen (secondary N) is 1. The van der Waals surface area contributed by atoms with Crippen LogP contribution in [0.2, 0.25) is 0 Å². The van der Waals surface area contributed by atoms with Gasteiger partial charge in [0.25, 0.3) is 11.8 Å². The first kappa shape index (κ1) is 21.2. The quantitative estimate of drug-likeness (QED) is 0.742. The van der Waals surface area contributed by atoms with Crippen LogP contribution in [0.5, 0.6) is 0 Å². The highest BCUT2D eigenvalue weighted by molar-refractivity contribution is 5.93. The molecule has 0 aromatic carbocycles. The zero-order chi connectivity index (χ0) is 23.2. The summed E-state index contributed by atoms with van der Waals surface area (Å²) in [5.74, 6) is -3.92. The Balaban J connectivity index is 1.11. The summed E-state index contributed by atoms with van der Waals surface area (Å²) in [5, 5.41) is 6.91. The van der Waals surface area contributed by atoms with Crippen molar-refractivity contribution in [2.45, 2.75) is 69.9 Å². The summed E-state index contributed by atoms with van der Waals surface area (Å²) >= 11 is 0.